The maximum atomic E-state index is 12.9. The van der Waals surface area contributed by atoms with Gasteiger partial charge < -0.3 is 9.88 Å². The van der Waals surface area contributed by atoms with Gasteiger partial charge >= 0.3 is 0 Å². The molecule has 26 heavy (non-hydrogen) atoms. The molecule has 2 bridgehead atoms. The number of aromatic nitrogens is 1. The molecule has 0 radical (unpaired) electrons. The third kappa shape index (κ3) is 3.55. The average Bonchev–Trinajstić information content (AvgIpc) is 2.96. The first-order valence-electron chi connectivity index (χ1n) is 9.05. The van der Waals surface area contributed by atoms with Gasteiger partial charge in [-0.2, -0.15) is 0 Å². The largest absolute Gasteiger partial charge is 0.337 e. The molecule has 3 aliphatic rings. The lowest BCUT2D eigenvalue weighted by molar-refractivity contribution is 0.0735. The van der Waals surface area contributed by atoms with Crippen molar-refractivity contribution >= 4 is 17.5 Å². The first kappa shape index (κ1) is 17.3. The Hall–Kier alpha value is -2.11. The van der Waals surface area contributed by atoms with Crippen molar-refractivity contribution < 1.29 is 4.79 Å². The fourth-order valence-electron chi connectivity index (χ4n) is 4.12. The number of aromatic amines is 1. The number of carbonyl (C=O) groups is 1. The van der Waals surface area contributed by atoms with E-state index in [2.05, 4.69) is 34.1 Å². The summed E-state index contributed by atoms with van der Waals surface area (Å²) in [6.07, 6.45) is 3.74. The van der Waals surface area contributed by atoms with Crippen LogP contribution in [0.4, 0.5) is 0 Å². The van der Waals surface area contributed by atoms with Crippen LogP contribution in [0, 0.1) is 5.92 Å². The molecular formula is C20H22ClN3O2. The Balaban J connectivity index is 1.51. The minimum absolute atomic E-state index is 0.0541. The second-order valence-electron chi connectivity index (χ2n) is 7.29. The number of halogens is 1. The smallest absolute Gasteiger partial charge is 0.266 e. The van der Waals surface area contributed by atoms with Crippen LogP contribution in [0.2, 0.25) is 5.02 Å². The van der Waals surface area contributed by atoms with Gasteiger partial charge in [-0.05, 0) is 30.4 Å². The molecule has 0 spiro atoms. The second-order valence-corrected chi connectivity index (χ2v) is 7.69. The number of hydrogen-bond donors (Lipinski definition) is 1. The standard InChI is InChI=1S/C20H22ClN3O2/c21-18-8-16(9-22-19(18)25)20(26)24-12-15-6-7-17(13-24)23(11-15)10-14-4-2-1-3-5-14/h1-5,8-9,15,17H,6-7,10-13H2,(H,22,25)/t15-,17-/m0/s1. The summed E-state index contributed by atoms with van der Waals surface area (Å²) in [4.78, 5) is 31.3. The quantitative estimate of drug-likeness (QED) is 0.902. The maximum absolute atomic E-state index is 12.9. The van der Waals surface area contributed by atoms with Crippen LogP contribution in [-0.2, 0) is 6.54 Å². The molecule has 4 heterocycles. The first-order chi connectivity index (χ1) is 12.6. The van der Waals surface area contributed by atoms with Gasteiger partial charge in [-0.15, -0.1) is 0 Å². The van der Waals surface area contributed by atoms with Crippen molar-refractivity contribution in [3.8, 4) is 0 Å². The van der Waals surface area contributed by atoms with E-state index < -0.39 is 0 Å². The highest BCUT2D eigenvalue weighted by atomic mass is 35.5. The van der Waals surface area contributed by atoms with E-state index >= 15 is 0 Å². The molecule has 3 fully saturated rings. The van der Waals surface area contributed by atoms with Crippen LogP contribution in [0.25, 0.3) is 0 Å². The summed E-state index contributed by atoms with van der Waals surface area (Å²) in [5.74, 6) is 0.432. The minimum Gasteiger partial charge on any atom is -0.337 e. The molecule has 3 aliphatic heterocycles. The highest BCUT2D eigenvalue weighted by Gasteiger charge is 2.36. The predicted molar refractivity (Wildman–Crippen MR) is 101 cm³/mol. The first-order valence-corrected chi connectivity index (χ1v) is 9.43. The Bertz CT molecular complexity index is 852. The van der Waals surface area contributed by atoms with Crippen LogP contribution in [0.15, 0.2) is 47.4 Å². The van der Waals surface area contributed by atoms with Crippen molar-refractivity contribution in [2.45, 2.75) is 25.4 Å². The van der Waals surface area contributed by atoms with Gasteiger partial charge in [0.1, 0.15) is 5.02 Å². The Morgan fingerprint density at radius 1 is 1.15 bits per heavy atom. The fraction of sp³-hybridized carbons (Fsp3) is 0.400. The highest BCUT2D eigenvalue weighted by molar-refractivity contribution is 6.30. The van der Waals surface area contributed by atoms with Gasteiger partial charge in [0.25, 0.3) is 11.5 Å². The molecule has 6 heteroatoms. The highest BCUT2D eigenvalue weighted by Crippen LogP contribution is 2.30. The fourth-order valence-corrected chi connectivity index (χ4v) is 4.29. The van der Waals surface area contributed by atoms with Gasteiger partial charge in [0.15, 0.2) is 0 Å². The maximum Gasteiger partial charge on any atom is 0.266 e. The number of benzene rings is 1. The number of hydrogen-bond acceptors (Lipinski definition) is 3. The van der Waals surface area contributed by atoms with E-state index in [1.807, 2.05) is 11.0 Å². The number of pyridine rings is 1. The minimum atomic E-state index is -0.367. The summed E-state index contributed by atoms with van der Waals surface area (Å²) in [5.41, 5.74) is 1.39. The number of nitrogens with zero attached hydrogens (tertiary/aromatic N) is 2. The van der Waals surface area contributed by atoms with Gasteiger partial charge in [0.2, 0.25) is 0 Å². The van der Waals surface area contributed by atoms with E-state index in [1.165, 1.54) is 17.8 Å². The number of amides is 1. The molecular weight excluding hydrogens is 350 g/mol. The summed E-state index contributed by atoms with van der Waals surface area (Å²) in [5, 5.41) is 0.0550. The molecule has 1 aromatic heterocycles. The third-order valence-corrected chi connectivity index (χ3v) is 5.73. The molecule has 1 aromatic carbocycles. The van der Waals surface area contributed by atoms with Crippen molar-refractivity contribution in [2.75, 3.05) is 19.6 Å². The normalized spacial score (nSPS) is 23.0. The molecule has 2 atom stereocenters. The Labute approximate surface area is 157 Å². The summed E-state index contributed by atoms with van der Waals surface area (Å²) in [7, 11) is 0. The molecule has 0 aliphatic carbocycles. The zero-order valence-electron chi connectivity index (χ0n) is 14.5. The molecule has 0 saturated carbocycles. The molecule has 1 N–H and O–H groups in total. The summed E-state index contributed by atoms with van der Waals surface area (Å²) < 4.78 is 0. The molecule has 5 rings (SSSR count). The Morgan fingerprint density at radius 2 is 1.96 bits per heavy atom. The van der Waals surface area contributed by atoms with E-state index in [1.54, 1.807) is 0 Å². The van der Waals surface area contributed by atoms with Crippen molar-refractivity contribution in [3.63, 3.8) is 0 Å². The van der Waals surface area contributed by atoms with Crippen LogP contribution < -0.4 is 5.56 Å². The number of carbonyl (C=O) groups excluding carboxylic acids is 1. The van der Waals surface area contributed by atoms with E-state index in [-0.39, 0.29) is 16.5 Å². The molecule has 1 amide bonds. The summed E-state index contributed by atoms with van der Waals surface area (Å²) in [6.45, 7) is 3.43. The molecule has 3 saturated heterocycles. The van der Waals surface area contributed by atoms with Crippen molar-refractivity contribution in [1.82, 2.24) is 14.8 Å². The number of piperidine rings is 1. The lowest BCUT2D eigenvalue weighted by Crippen LogP contribution is -2.43. The SMILES string of the molecule is O=C(c1c[nH]c(=O)c(Cl)c1)N1C[C@H]2CC[C@@H](C1)N(Cc1ccccc1)C2. The average molecular weight is 372 g/mol. The van der Waals surface area contributed by atoms with Crippen molar-refractivity contribution in [2.24, 2.45) is 5.92 Å². The third-order valence-electron chi connectivity index (χ3n) is 5.45. The monoisotopic (exact) mass is 371 g/mol. The number of nitrogens with one attached hydrogen (secondary N) is 1. The summed E-state index contributed by atoms with van der Waals surface area (Å²) in [6, 6.07) is 12.3. The van der Waals surface area contributed by atoms with Gasteiger partial charge in [0, 0.05) is 38.4 Å². The van der Waals surface area contributed by atoms with Crippen LogP contribution in [0.5, 0.6) is 0 Å². The van der Waals surface area contributed by atoms with Crippen molar-refractivity contribution in [3.05, 3.63) is 69.1 Å². The zero-order chi connectivity index (χ0) is 18.1. The lowest BCUT2D eigenvalue weighted by Gasteiger charge is -2.36. The topological polar surface area (TPSA) is 56.4 Å². The summed E-state index contributed by atoms with van der Waals surface area (Å²) >= 11 is 5.89. The van der Waals surface area contributed by atoms with E-state index in [0.29, 0.717) is 17.5 Å². The van der Waals surface area contributed by atoms with Crippen molar-refractivity contribution in [1.29, 1.82) is 0 Å². The Kier molecular flexibility index (Phi) is 4.83. The predicted octanol–water partition coefficient (Wildman–Crippen LogP) is 2.76. The lowest BCUT2D eigenvalue weighted by atomic mass is 9.94. The van der Waals surface area contributed by atoms with E-state index in [4.69, 9.17) is 11.6 Å². The number of H-pyrrole nitrogens is 1. The van der Waals surface area contributed by atoms with Gasteiger partial charge in [-0.1, -0.05) is 41.9 Å². The molecule has 5 nitrogen and oxygen atoms in total. The van der Waals surface area contributed by atoms with Gasteiger partial charge in [-0.3, -0.25) is 14.5 Å². The molecule has 2 aromatic rings. The number of fused-ring (bicyclic) bond motifs is 4. The molecule has 0 unspecified atom stereocenters. The van der Waals surface area contributed by atoms with E-state index in [9.17, 15) is 9.59 Å². The van der Waals surface area contributed by atoms with Crippen LogP contribution in [-0.4, -0.2) is 46.4 Å². The van der Waals surface area contributed by atoms with Crippen LogP contribution >= 0.6 is 11.6 Å². The number of rotatable bonds is 3. The van der Waals surface area contributed by atoms with Crippen LogP contribution in [0.3, 0.4) is 0 Å². The Morgan fingerprint density at radius 3 is 2.73 bits per heavy atom. The second kappa shape index (κ2) is 7.25. The molecule has 136 valence electrons. The van der Waals surface area contributed by atoms with Gasteiger partial charge in [0.05, 0.1) is 5.56 Å². The zero-order valence-corrected chi connectivity index (χ0v) is 15.3. The van der Waals surface area contributed by atoms with E-state index in [0.717, 1.165) is 39.0 Å². The van der Waals surface area contributed by atoms with Gasteiger partial charge in [-0.25, -0.2) is 0 Å². The van der Waals surface area contributed by atoms with Crippen LogP contribution in [0.1, 0.15) is 28.8 Å².